The van der Waals surface area contributed by atoms with Gasteiger partial charge in [0.1, 0.15) is 4.90 Å². The van der Waals surface area contributed by atoms with Crippen molar-refractivity contribution in [2.75, 3.05) is 25.6 Å². The Kier molecular flexibility index (Phi) is 4.35. The first-order valence-corrected chi connectivity index (χ1v) is 7.64. The highest BCUT2D eigenvalue weighted by molar-refractivity contribution is 7.89. The topological polar surface area (TPSA) is 100 Å². The number of pyridine rings is 1. The predicted octanol–water partition coefficient (Wildman–Crippen LogP) is -0.260. The number of nitrogens with zero attached hydrogens (tertiary/aromatic N) is 2. The molecule has 1 aliphatic rings. The molecule has 8 heteroatoms. The van der Waals surface area contributed by atoms with Crippen molar-refractivity contribution in [2.24, 2.45) is 5.84 Å². The van der Waals surface area contributed by atoms with Gasteiger partial charge in [-0.3, -0.25) is 0 Å². The molecule has 0 atom stereocenters. The second-order valence-electron chi connectivity index (χ2n) is 4.60. The Labute approximate surface area is 113 Å². The zero-order valence-corrected chi connectivity index (χ0v) is 11.7. The van der Waals surface area contributed by atoms with Crippen molar-refractivity contribution in [1.82, 2.24) is 14.6 Å². The molecule has 1 aromatic rings. The van der Waals surface area contributed by atoms with Crippen LogP contribution in [0.3, 0.4) is 0 Å². The van der Waals surface area contributed by atoms with Gasteiger partial charge in [-0.25, -0.2) is 24.0 Å². The Morgan fingerprint density at radius 1 is 1.53 bits per heavy atom. The van der Waals surface area contributed by atoms with Crippen LogP contribution in [-0.4, -0.2) is 44.5 Å². The molecule has 0 bridgehead atoms. The van der Waals surface area contributed by atoms with Crippen molar-refractivity contribution in [2.45, 2.75) is 23.8 Å². The van der Waals surface area contributed by atoms with Crippen molar-refractivity contribution in [3.63, 3.8) is 0 Å². The summed E-state index contributed by atoms with van der Waals surface area (Å²) in [7, 11) is -1.58. The van der Waals surface area contributed by atoms with Crippen LogP contribution in [0, 0.1) is 0 Å². The van der Waals surface area contributed by atoms with Crippen molar-refractivity contribution in [3.8, 4) is 0 Å². The second-order valence-corrected chi connectivity index (χ2v) is 6.34. The Bertz CT molecular complexity index is 530. The molecule has 4 N–H and O–H groups in total. The lowest BCUT2D eigenvalue weighted by molar-refractivity contribution is 0.329. The van der Waals surface area contributed by atoms with E-state index in [-0.39, 0.29) is 10.7 Å². The Morgan fingerprint density at radius 2 is 2.26 bits per heavy atom. The summed E-state index contributed by atoms with van der Waals surface area (Å²) >= 11 is 0. The van der Waals surface area contributed by atoms with Crippen molar-refractivity contribution in [3.05, 3.63) is 18.3 Å². The molecule has 1 aliphatic carbocycles. The Balaban J connectivity index is 1.97. The number of aromatic nitrogens is 1. The SMILES string of the molecule is CN(CCNS(=O)(=O)c1cccnc1NN)C1CC1. The number of nitrogens with one attached hydrogen (secondary N) is 2. The average Bonchev–Trinajstić information content (AvgIpc) is 3.22. The van der Waals surface area contributed by atoms with E-state index in [1.165, 1.54) is 25.1 Å². The van der Waals surface area contributed by atoms with Crippen LogP contribution in [0.1, 0.15) is 12.8 Å². The van der Waals surface area contributed by atoms with Crippen LogP contribution in [0.2, 0.25) is 0 Å². The molecule has 2 rings (SSSR count). The summed E-state index contributed by atoms with van der Waals surface area (Å²) in [6.45, 7) is 1.06. The number of hydrogen-bond acceptors (Lipinski definition) is 6. The second kappa shape index (κ2) is 5.83. The zero-order chi connectivity index (χ0) is 13.9. The quantitative estimate of drug-likeness (QED) is 0.471. The van der Waals surface area contributed by atoms with Gasteiger partial charge in [-0.15, -0.1) is 0 Å². The molecule has 0 spiro atoms. The fraction of sp³-hybridized carbons (Fsp3) is 0.545. The number of likely N-dealkylation sites (N-methyl/N-ethyl adjacent to an activating group) is 1. The summed E-state index contributed by atoms with van der Waals surface area (Å²) in [6.07, 6.45) is 3.88. The minimum atomic E-state index is -3.59. The van der Waals surface area contributed by atoms with Gasteiger partial charge in [-0.1, -0.05) is 0 Å². The van der Waals surface area contributed by atoms with Crippen LogP contribution in [0.15, 0.2) is 23.2 Å². The van der Waals surface area contributed by atoms with Gasteiger partial charge in [0, 0.05) is 25.3 Å². The van der Waals surface area contributed by atoms with Crippen molar-refractivity contribution < 1.29 is 8.42 Å². The minimum absolute atomic E-state index is 0.0616. The molecule has 1 aromatic heterocycles. The lowest BCUT2D eigenvalue weighted by Gasteiger charge is -2.16. The summed E-state index contributed by atoms with van der Waals surface area (Å²) in [5.41, 5.74) is 2.29. The summed E-state index contributed by atoms with van der Waals surface area (Å²) in [6, 6.07) is 3.64. The third-order valence-electron chi connectivity index (χ3n) is 3.12. The smallest absolute Gasteiger partial charge is 0.244 e. The summed E-state index contributed by atoms with van der Waals surface area (Å²) in [4.78, 5) is 6.10. The molecule has 0 unspecified atom stereocenters. The molecule has 1 fully saturated rings. The highest BCUT2D eigenvalue weighted by atomic mass is 32.2. The first-order valence-electron chi connectivity index (χ1n) is 6.16. The van der Waals surface area contributed by atoms with E-state index in [2.05, 4.69) is 20.0 Å². The van der Waals surface area contributed by atoms with E-state index < -0.39 is 10.0 Å². The number of nitrogen functional groups attached to an aromatic ring is 1. The molecular weight excluding hydrogens is 266 g/mol. The summed E-state index contributed by atoms with van der Waals surface area (Å²) in [5, 5.41) is 0. The van der Waals surface area contributed by atoms with Gasteiger partial charge >= 0.3 is 0 Å². The molecule has 7 nitrogen and oxygen atoms in total. The van der Waals surface area contributed by atoms with E-state index in [1.54, 1.807) is 6.07 Å². The normalized spacial score (nSPS) is 15.7. The monoisotopic (exact) mass is 285 g/mol. The molecule has 0 amide bonds. The molecule has 0 saturated heterocycles. The van der Waals surface area contributed by atoms with Crippen molar-refractivity contribution >= 4 is 15.8 Å². The minimum Gasteiger partial charge on any atom is -0.307 e. The lowest BCUT2D eigenvalue weighted by atomic mass is 10.5. The Hall–Kier alpha value is -1.22. The fourth-order valence-corrected chi connectivity index (χ4v) is 2.99. The summed E-state index contributed by atoms with van der Waals surface area (Å²) in [5.74, 6) is 5.40. The maximum absolute atomic E-state index is 12.1. The molecule has 0 aromatic carbocycles. The van der Waals surface area contributed by atoms with Gasteiger partial charge in [0.2, 0.25) is 10.0 Å². The number of nitrogens with two attached hydrogens (primary N) is 1. The van der Waals surface area contributed by atoms with E-state index >= 15 is 0 Å². The van der Waals surface area contributed by atoms with E-state index in [0.29, 0.717) is 19.1 Å². The largest absolute Gasteiger partial charge is 0.307 e. The van der Waals surface area contributed by atoms with Crippen LogP contribution in [0.25, 0.3) is 0 Å². The van der Waals surface area contributed by atoms with Gasteiger partial charge < -0.3 is 10.3 Å². The standard InChI is InChI=1S/C11H19N5O2S/c1-16(9-4-5-9)8-7-14-19(17,18)10-3-2-6-13-11(10)15-12/h2-3,6,9,14H,4-5,7-8,12H2,1H3,(H,13,15). The van der Waals surface area contributed by atoms with E-state index in [1.807, 2.05) is 7.05 Å². The molecule has 106 valence electrons. The summed E-state index contributed by atoms with van der Waals surface area (Å²) < 4.78 is 26.8. The van der Waals surface area contributed by atoms with Gasteiger partial charge in [-0.05, 0) is 32.0 Å². The molecule has 1 heterocycles. The number of hydrogen-bond donors (Lipinski definition) is 3. The third kappa shape index (κ3) is 3.63. The van der Waals surface area contributed by atoms with Crippen LogP contribution in [0.4, 0.5) is 5.82 Å². The Morgan fingerprint density at radius 3 is 2.89 bits per heavy atom. The van der Waals surface area contributed by atoms with Gasteiger partial charge in [-0.2, -0.15) is 0 Å². The molecule has 0 radical (unpaired) electrons. The molecular formula is C11H19N5O2S. The van der Waals surface area contributed by atoms with Crippen LogP contribution >= 0.6 is 0 Å². The zero-order valence-electron chi connectivity index (χ0n) is 10.8. The van der Waals surface area contributed by atoms with Crippen LogP contribution in [0.5, 0.6) is 0 Å². The van der Waals surface area contributed by atoms with Gasteiger partial charge in [0.15, 0.2) is 5.82 Å². The van der Waals surface area contributed by atoms with Gasteiger partial charge in [0.25, 0.3) is 0 Å². The molecule has 1 saturated carbocycles. The highest BCUT2D eigenvalue weighted by Gasteiger charge is 2.26. The van der Waals surface area contributed by atoms with E-state index in [4.69, 9.17) is 5.84 Å². The number of rotatable bonds is 7. The molecule has 0 aliphatic heterocycles. The number of sulfonamides is 1. The maximum atomic E-state index is 12.1. The van der Waals surface area contributed by atoms with E-state index in [9.17, 15) is 8.42 Å². The fourth-order valence-electron chi connectivity index (χ4n) is 1.85. The number of anilines is 1. The first kappa shape index (κ1) is 14.2. The van der Waals surface area contributed by atoms with Crippen LogP contribution in [-0.2, 0) is 10.0 Å². The average molecular weight is 285 g/mol. The highest BCUT2D eigenvalue weighted by Crippen LogP contribution is 2.24. The van der Waals surface area contributed by atoms with Gasteiger partial charge in [0.05, 0.1) is 0 Å². The maximum Gasteiger partial charge on any atom is 0.244 e. The molecule has 19 heavy (non-hydrogen) atoms. The number of hydrazine groups is 1. The van der Waals surface area contributed by atoms with E-state index in [0.717, 1.165) is 0 Å². The predicted molar refractivity (Wildman–Crippen MR) is 72.9 cm³/mol. The lowest BCUT2D eigenvalue weighted by Crippen LogP contribution is -2.34. The third-order valence-corrected chi connectivity index (χ3v) is 4.62. The first-order chi connectivity index (χ1) is 9.04. The van der Waals surface area contributed by atoms with Crippen molar-refractivity contribution in [1.29, 1.82) is 0 Å². The van der Waals surface area contributed by atoms with Crippen LogP contribution < -0.4 is 16.0 Å².